The minimum atomic E-state index is -0.480. The summed E-state index contributed by atoms with van der Waals surface area (Å²) in [6, 6.07) is 21.8. The van der Waals surface area contributed by atoms with Gasteiger partial charge in [0.1, 0.15) is 0 Å². The van der Waals surface area contributed by atoms with Gasteiger partial charge in [0.2, 0.25) is 6.79 Å². The first-order chi connectivity index (χ1) is 17.1. The van der Waals surface area contributed by atoms with E-state index in [2.05, 4.69) is 27.2 Å². The average molecular weight is 475 g/mol. The van der Waals surface area contributed by atoms with E-state index in [0.29, 0.717) is 17.9 Å². The Balaban J connectivity index is 1.31. The zero-order valence-electron chi connectivity index (χ0n) is 19.1. The van der Waals surface area contributed by atoms with E-state index in [9.17, 15) is 14.9 Å². The van der Waals surface area contributed by atoms with E-state index in [1.165, 1.54) is 30.0 Å². The van der Waals surface area contributed by atoms with Gasteiger partial charge in [-0.05, 0) is 42.0 Å². The Hall–Kier alpha value is -4.11. The first-order valence-electron chi connectivity index (χ1n) is 11.5. The SMILES string of the molecule is O=C(NC[C@H](c1ccc2c(c1)OCO2)N1CCN(c2ccccc2)CC1)c1ccc([N+](=O)[O-])cc1. The van der Waals surface area contributed by atoms with Crippen LogP contribution in [0.3, 0.4) is 0 Å². The van der Waals surface area contributed by atoms with Crippen molar-refractivity contribution in [3.05, 3.63) is 94.0 Å². The monoisotopic (exact) mass is 474 g/mol. The smallest absolute Gasteiger partial charge is 0.269 e. The largest absolute Gasteiger partial charge is 0.454 e. The Labute approximate surface area is 203 Å². The highest BCUT2D eigenvalue weighted by Gasteiger charge is 2.27. The number of benzene rings is 3. The maximum absolute atomic E-state index is 12.8. The van der Waals surface area contributed by atoms with Crippen molar-refractivity contribution in [2.45, 2.75) is 6.04 Å². The quantitative estimate of drug-likeness (QED) is 0.413. The topological polar surface area (TPSA) is 97.2 Å². The Morgan fingerprint density at radius 2 is 1.66 bits per heavy atom. The molecule has 1 saturated heterocycles. The summed E-state index contributed by atoms with van der Waals surface area (Å²) in [5, 5.41) is 13.9. The van der Waals surface area contributed by atoms with Crippen molar-refractivity contribution >= 4 is 17.3 Å². The maximum atomic E-state index is 12.8. The standard InChI is InChI=1S/C26H26N4O5/c31-26(19-6-9-22(10-7-19)30(32)33)27-17-23(20-8-11-24-25(16-20)35-18-34-24)29-14-12-28(13-15-29)21-4-2-1-3-5-21/h1-11,16,23H,12-15,17-18H2,(H,27,31)/t23-/m1/s1. The van der Waals surface area contributed by atoms with Gasteiger partial charge < -0.3 is 19.7 Å². The molecule has 0 aromatic heterocycles. The van der Waals surface area contributed by atoms with Crippen LogP contribution in [-0.4, -0.2) is 55.2 Å². The predicted octanol–water partition coefficient (Wildman–Crippen LogP) is 3.62. The van der Waals surface area contributed by atoms with Gasteiger partial charge >= 0.3 is 0 Å². The fourth-order valence-electron chi connectivity index (χ4n) is 4.53. The molecule has 9 nitrogen and oxygen atoms in total. The van der Waals surface area contributed by atoms with Crippen LogP contribution in [0.25, 0.3) is 0 Å². The van der Waals surface area contributed by atoms with E-state index in [1.807, 2.05) is 36.4 Å². The van der Waals surface area contributed by atoms with Crippen molar-refractivity contribution in [1.82, 2.24) is 10.2 Å². The number of carbonyl (C=O) groups excluding carboxylic acids is 1. The van der Waals surface area contributed by atoms with Crippen molar-refractivity contribution in [3.63, 3.8) is 0 Å². The number of nitrogens with one attached hydrogen (secondary N) is 1. The van der Waals surface area contributed by atoms with Gasteiger partial charge in [0.05, 0.1) is 11.0 Å². The fraction of sp³-hybridized carbons (Fsp3) is 0.269. The van der Waals surface area contributed by atoms with E-state index >= 15 is 0 Å². The number of amides is 1. The molecule has 0 bridgehead atoms. The number of fused-ring (bicyclic) bond motifs is 1. The van der Waals surface area contributed by atoms with Crippen molar-refractivity contribution in [2.75, 3.05) is 44.4 Å². The van der Waals surface area contributed by atoms with Gasteiger partial charge in [-0.3, -0.25) is 19.8 Å². The summed E-state index contributed by atoms with van der Waals surface area (Å²) < 4.78 is 11.0. The second-order valence-electron chi connectivity index (χ2n) is 8.50. The molecule has 9 heteroatoms. The van der Waals surface area contributed by atoms with Crippen LogP contribution < -0.4 is 19.7 Å². The summed E-state index contributed by atoms with van der Waals surface area (Å²) in [6.45, 7) is 4.02. The van der Waals surface area contributed by atoms with Crippen LogP contribution in [-0.2, 0) is 0 Å². The molecule has 0 unspecified atom stereocenters. The van der Waals surface area contributed by atoms with Crippen LogP contribution >= 0.6 is 0 Å². The molecule has 1 atom stereocenters. The highest BCUT2D eigenvalue weighted by molar-refractivity contribution is 5.94. The molecule has 5 rings (SSSR count). The molecule has 35 heavy (non-hydrogen) atoms. The van der Waals surface area contributed by atoms with Crippen molar-refractivity contribution < 1.29 is 19.2 Å². The molecule has 1 fully saturated rings. The lowest BCUT2D eigenvalue weighted by atomic mass is 10.0. The van der Waals surface area contributed by atoms with Crippen LogP contribution in [0.15, 0.2) is 72.8 Å². The van der Waals surface area contributed by atoms with Crippen LogP contribution in [0.4, 0.5) is 11.4 Å². The van der Waals surface area contributed by atoms with Crippen LogP contribution in [0, 0.1) is 10.1 Å². The minimum absolute atomic E-state index is 0.0453. The first kappa shape index (κ1) is 22.7. The van der Waals surface area contributed by atoms with E-state index in [-0.39, 0.29) is 24.4 Å². The lowest BCUT2D eigenvalue weighted by Gasteiger charge is -2.40. The molecular weight excluding hydrogens is 448 g/mol. The summed E-state index contributed by atoms with van der Waals surface area (Å²) in [5.41, 5.74) is 2.58. The van der Waals surface area contributed by atoms with Crippen LogP contribution in [0.1, 0.15) is 22.0 Å². The number of non-ortho nitro benzene ring substituents is 1. The second kappa shape index (κ2) is 10.0. The molecular formula is C26H26N4O5. The van der Waals surface area contributed by atoms with Gasteiger partial charge in [-0.2, -0.15) is 0 Å². The van der Waals surface area contributed by atoms with Gasteiger partial charge in [-0.25, -0.2) is 0 Å². The number of para-hydroxylation sites is 1. The van der Waals surface area contributed by atoms with Gasteiger partial charge in [-0.15, -0.1) is 0 Å². The molecule has 2 heterocycles. The van der Waals surface area contributed by atoms with Crippen molar-refractivity contribution in [1.29, 1.82) is 0 Å². The lowest BCUT2D eigenvalue weighted by Crippen LogP contribution is -2.50. The second-order valence-corrected chi connectivity index (χ2v) is 8.50. The number of rotatable bonds is 7. The molecule has 3 aromatic carbocycles. The summed E-state index contributed by atoms with van der Waals surface area (Å²) in [7, 11) is 0. The van der Waals surface area contributed by atoms with Gasteiger partial charge in [-0.1, -0.05) is 24.3 Å². The maximum Gasteiger partial charge on any atom is 0.269 e. The summed E-state index contributed by atoms with van der Waals surface area (Å²) >= 11 is 0. The zero-order valence-corrected chi connectivity index (χ0v) is 19.1. The molecule has 2 aliphatic rings. The average Bonchev–Trinajstić information content (AvgIpc) is 3.38. The van der Waals surface area contributed by atoms with Crippen molar-refractivity contribution in [2.24, 2.45) is 0 Å². The number of nitro benzene ring substituents is 1. The summed E-state index contributed by atoms with van der Waals surface area (Å²) in [5.74, 6) is 1.15. The Morgan fingerprint density at radius 1 is 0.943 bits per heavy atom. The molecule has 0 saturated carbocycles. The number of piperazine rings is 1. The van der Waals surface area contributed by atoms with Crippen molar-refractivity contribution in [3.8, 4) is 11.5 Å². The number of hydrogen-bond donors (Lipinski definition) is 1. The third-order valence-electron chi connectivity index (χ3n) is 6.45. The Kier molecular flexibility index (Phi) is 6.49. The molecule has 1 amide bonds. The number of ether oxygens (including phenoxy) is 2. The summed E-state index contributed by atoms with van der Waals surface area (Å²) in [6.07, 6.45) is 0. The van der Waals surface area contributed by atoms with Crippen LogP contribution in [0.2, 0.25) is 0 Å². The van der Waals surface area contributed by atoms with E-state index in [0.717, 1.165) is 37.5 Å². The number of nitrogens with zero attached hydrogens (tertiary/aromatic N) is 3. The third-order valence-corrected chi connectivity index (χ3v) is 6.45. The predicted molar refractivity (Wildman–Crippen MR) is 131 cm³/mol. The first-order valence-corrected chi connectivity index (χ1v) is 11.5. The number of hydrogen-bond acceptors (Lipinski definition) is 7. The number of anilines is 1. The lowest BCUT2D eigenvalue weighted by molar-refractivity contribution is -0.384. The normalized spacial score (nSPS) is 16.1. The molecule has 0 radical (unpaired) electrons. The van der Waals surface area contributed by atoms with E-state index in [4.69, 9.17) is 9.47 Å². The minimum Gasteiger partial charge on any atom is -0.454 e. The molecule has 1 N–H and O–H groups in total. The molecule has 3 aromatic rings. The Bertz CT molecular complexity index is 1190. The molecule has 2 aliphatic heterocycles. The fourth-order valence-corrected chi connectivity index (χ4v) is 4.53. The van der Waals surface area contributed by atoms with E-state index in [1.54, 1.807) is 0 Å². The number of nitro groups is 1. The van der Waals surface area contributed by atoms with Gasteiger partial charge in [0.25, 0.3) is 11.6 Å². The molecule has 0 spiro atoms. The highest BCUT2D eigenvalue weighted by atomic mass is 16.7. The molecule has 0 aliphatic carbocycles. The van der Waals surface area contributed by atoms with Crippen LogP contribution in [0.5, 0.6) is 11.5 Å². The zero-order chi connectivity index (χ0) is 24.2. The Morgan fingerprint density at radius 3 is 2.37 bits per heavy atom. The van der Waals surface area contributed by atoms with E-state index < -0.39 is 4.92 Å². The van der Waals surface area contributed by atoms with Gasteiger partial charge in [0.15, 0.2) is 11.5 Å². The third kappa shape index (κ3) is 5.04. The molecule has 180 valence electrons. The number of carbonyl (C=O) groups is 1. The summed E-state index contributed by atoms with van der Waals surface area (Å²) in [4.78, 5) is 28.0. The van der Waals surface area contributed by atoms with Gasteiger partial charge in [0, 0.05) is 56.1 Å². The highest BCUT2D eigenvalue weighted by Crippen LogP contribution is 2.35.